The molecule has 3 nitrogen and oxygen atoms in total. The molecule has 0 spiro atoms. The summed E-state index contributed by atoms with van der Waals surface area (Å²) >= 11 is 3.17. The van der Waals surface area contributed by atoms with Crippen LogP contribution in [0.3, 0.4) is 0 Å². The first-order valence-electron chi connectivity index (χ1n) is 6.54. The molecule has 1 aliphatic rings. The monoisotopic (exact) mass is 328 g/mol. The minimum atomic E-state index is -0.268. The average molecular weight is 329 g/mol. The molecule has 2 rings (SSSR count). The quantitative estimate of drug-likeness (QED) is 0.891. The Morgan fingerprint density at radius 3 is 3.05 bits per heavy atom. The van der Waals surface area contributed by atoms with Crippen molar-refractivity contribution in [3.05, 3.63) is 34.1 Å². The fraction of sp³-hybridized carbons (Fsp3) is 0.500. The van der Waals surface area contributed by atoms with Gasteiger partial charge in [-0.3, -0.25) is 4.79 Å². The molecule has 0 saturated carbocycles. The maximum atomic E-state index is 13.1. The highest BCUT2D eigenvalue weighted by Crippen LogP contribution is 2.17. The molecule has 104 valence electrons. The second-order valence-corrected chi connectivity index (χ2v) is 5.87. The summed E-state index contributed by atoms with van der Waals surface area (Å²) in [6.45, 7) is 2.88. The van der Waals surface area contributed by atoms with Crippen molar-refractivity contribution in [1.29, 1.82) is 0 Å². The Kier molecular flexibility index (Phi) is 4.93. The molecule has 2 atom stereocenters. The Balaban J connectivity index is 1.87. The van der Waals surface area contributed by atoms with Crippen molar-refractivity contribution >= 4 is 21.8 Å². The van der Waals surface area contributed by atoms with Crippen molar-refractivity contribution in [2.75, 3.05) is 6.54 Å². The third-order valence-electron chi connectivity index (χ3n) is 3.29. The van der Waals surface area contributed by atoms with Crippen molar-refractivity contribution in [2.45, 2.75) is 38.3 Å². The largest absolute Gasteiger partial charge is 0.352 e. The number of amides is 1. The molecule has 1 heterocycles. The van der Waals surface area contributed by atoms with E-state index in [-0.39, 0.29) is 23.8 Å². The van der Waals surface area contributed by atoms with Crippen LogP contribution in [0.15, 0.2) is 22.7 Å². The van der Waals surface area contributed by atoms with Gasteiger partial charge in [0.25, 0.3) is 0 Å². The van der Waals surface area contributed by atoms with Crippen molar-refractivity contribution in [1.82, 2.24) is 10.6 Å². The van der Waals surface area contributed by atoms with Gasteiger partial charge in [-0.15, -0.1) is 0 Å². The summed E-state index contributed by atoms with van der Waals surface area (Å²) in [5, 5.41) is 6.17. The Morgan fingerprint density at radius 1 is 1.63 bits per heavy atom. The van der Waals surface area contributed by atoms with Crippen LogP contribution in [0.1, 0.15) is 25.3 Å². The van der Waals surface area contributed by atoms with Crippen molar-refractivity contribution in [3.8, 4) is 0 Å². The summed E-state index contributed by atoms with van der Waals surface area (Å²) in [7, 11) is 0. The summed E-state index contributed by atoms with van der Waals surface area (Å²) in [4.78, 5) is 11.9. The van der Waals surface area contributed by atoms with Crippen LogP contribution in [0.2, 0.25) is 0 Å². The summed E-state index contributed by atoms with van der Waals surface area (Å²) in [6, 6.07) is 4.92. The lowest BCUT2D eigenvalue weighted by Gasteiger charge is -2.17. The van der Waals surface area contributed by atoms with E-state index >= 15 is 0 Å². The third kappa shape index (κ3) is 4.01. The van der Waals surface area contributed by atoms with Gasteiger partial charge in [-0.2, -0.15) is 0 Å². The molecule has 1 amide bonds. The second kappa shape index (κ2) is 6.48. The maximum Gasteiger partial charge on any atom is 0.237 e. The normalized spacial score (nSPS) is 20.3. The molecule has 0 bridgehead atoms. The van der Waals surface area contributed by atoms with E-state index in [1.807, 2.05) is 6.92 Å². The molecular weight excluding hydrogens is 311 g/mol. The molecule has 1 saturated heterocycles. The summed E-state index contributed by atoms with van der Waals surface area (Å²) < 4.78 is 13.6. The highest BCUT2D eigenvalue weighted by Gasteiger charge is 2.22. The van der Waals surface area contributed by atoms with Gasteiger partial charge < -0.3 is 10.6 Å². The first-order chi connectivity index (χ1) is 9.06. The molecule has 2 N–H and O–H groups in total. The minimum Gasteiger partial charge on any atom is -0.352 e. The van der Waals surface area contributed by atoms with E-state index in [9.17, 15) is 9.18 Å². The number of rotatable bonds is 4. The van der Waals surface area contributed by atoms with Gasteiger partial charge in [0.15, 0.2) is 0 Å². The predicted molar refractivity (Wildman–Crippen MR) is 76.4 cm³/mol. The molecule has 0 radical (unpaired) electrons. The van der Waals surface area contributed by atoms with Gasteiger partial charge >= 0.3 is 0 Å². The average Bonchev–Trinajstić information content (AvgIpc) is 2.87. The zero-order valence-corrected chi connectivity index (χ0v) is 12.5. The van der Waals surface area contributed by atoms with E-state index in [4.69, 9.17) is 0 Å². The van der Waals surface area contributed by atoms with Crippen molar-refractivity contribution in [2.24, 2.45) is 0 Å². The van der Waals surface area contributed by atoms with E-state index in [1.54, 1.807) is 12.1 Å². The van der Waals surface area contributed by atoms with Crippen LogP contribution in [0.25, 0.3) is 0 Å². The highest BCUT2D eigenvalue weighted by atomic mass is 79.9. The van der Waals surface area contributed by atoms with E-state index < -0.39 is 0 Å². The first kappa shape index (κ1) is 14.5. The van der Waals surface area contributed by atoms with E-state index in [0.29, 0.717) is 10.9 Å². The number of benzene rings is 1. The molecule has 1 aromatic carbocycles. The number of hydrogen-bond donors (Lipinski definition) is 2. The Morgan fingerprint density at radius 2 is 2.42 bits per heavy atom. The van der Waals surface area contributed by atoms with E-state index in [0.717, 1.165) is 24.9 Å². The van der Waals surface area contributed by atoms with E-state index in [1.165, 1.54) is 6.07 Å². The third-order valence-corrected chi connectivity index (χ3v) is 3.90. The number of nitrogens with one attached hydrogen (secondary N) is 2. The van der Waals surface area contributed by atoms with Crippen LogP contribution >= 0.6 is 15.9 Å². The lowest BCUT2D eigenvalue weighted by atomic mass is 10.1. The number of carbonyl (C=O) groups is 1. The van der Waals surface area contributed by atoms with E-state index in [2.05, 4.69) is 26.6 Å². The smallest absolute Gasteiger partial charge is 0.237 e. The second-order valence-electron chi connectivity index (χ2n) is 5.01. The zero-order chi connectivity index (χ0) is 13.8. The Hall–Kier alpha value is -0.940. The number of carbonyl (C=O) groups excluding carboxylic acids is 1. The topological polar surface area (TPSA) is 41.1 Å². The number of halogens is 2. The predicted octanol–water partition coefficient (Wildman–Crippen LogP) is 2.39. The molecule has 0 aliphatic carbocycles. The van der Waals surface area contributed by atoms with Gasteiger partial charge in [0, 0.05) is 6.04 Å². The Labute approximate surface area is 121 Å². The van der Waals surface area contributed by atoms with Gasteiger partial charge in [-0.25, -0.2) is 4.39 Å². The molecule has 19 heavy (non-hydrogen) atoms. The number of hydrogen-bond acceptors (Lipinski definition) is 2. The zero-order valence-electron chi connectivity index (χ0n) is 10.9. The molecule has 1 aromatic rings. The Bertz CT molecular complexity index is 461. The van der Waals surface area contributed by atoms with Crippen LogP contribution in [0.5, 0.6) is 0 Å². The first-order valence-corrected chi connectivity index (χ1v) is 7.33. The van der Waals surface area contributed by atoms with Gasteiger partial charge in [-0.1, -0.05) is 6.07 Å². The van der Waals surface area contributed by atoms with Gasteiger partial charge in [0.05, 0.1) is 10.5 Å². The molecule has 1 fully saturated rings. The minimum absolute atomic E-state index is 0.0345. The molecule has 5 heteroatoms. The summed E-state index contributed by atoms with van der Waals surface area (Å²) in [5.41, 5.74) is 1.00. The maximum absolute atomic E-state index is 13.1. The molecule has 2 unspecified atom stereocenters. The van der Waals surface area contributed by atoms with Crippen LogP contribution in [-0.4, -0.2) is 24.5 Å². The lowest BCUT2D eigenvalue weighted by molar-refractivity contribution is -0.123. The van der Waals surface area contributed by atoms with Crippen LogP contribution in [0.4, 0.5) is 4.39 Å². The van der Waals surface area contributed by atoms with Crippen molar-refractivity contribution < 1.29 is 9.18 Å². The van der Waals surface area contributed by atoms with Crippen LogP contribution in [0, 0.1) is 5.82 Å². The summed E-state index contributed by atoms with van der Waals surface area (Å²) in [6.07, 6.45) is 2.65. The van der Waals surface area contributed by atoms with Gasteiger partial charge in [0.2, 0.25) is 5.91 Å². The fourth-order valence-corrected chi connectivity index (χ4v) is 2.75. The lowest BCUT2D eigenvalue weighted by Crippen LogP contribution is -2.44. The van der Waals surface area contributed by atoms with Crippen molar-refractivity contribution in [3.63, 3.8) is 0 Å². The molecule has 1 aliphatic heterocycles. The molecular formula is C14H18BrFN2O. The van der Waals surface area contributed by atoms with Gasteiger partial charge in [-0.05, 0) is 66.4 Å². The standard InChI is InChI=1S/C14H18BrFN2O/c1-9(18-14(19)13-3-2-6-17-13)7-10-4-5-12(16)11(15)8-10/h4-5,8-9,13,17H,2-3,6-7H2,1H3,(H,18,19). The SMILES string of the molecule is CC(Cc1ccc(F)c(Br)c1)NC(=O)C1CCCN1. The molecule has 0 aromatic heterocycles. The van der Waals surface area contributed by atoms with Crippen LogP contribution < -0.4 is 10.6 Å². The van der Waals surface area contributed by atoms with Gasteiger partial charge in [0.1, 0.15) is 5.82 Å². The summed E-state index contributed by atoms with van der Waals surface area (Å²) in [5.74, 6) is -0.207. The highest BCUT2D eigenvalue weighted by molar-refractivity contribution is 9.10. The fourth-order valence-electron chi connectivity index (χ4n) is 2.32. The van der Waals surface area contributed by atoms with Crippen LogP contribution in [-0.2, 0) is 11.2 Å².